The Bertz CT molecular complexity index is 217. The normalized spacial score (nSPS) is 24.2. The Labute approximate surface area is 92.9 Å². The highest BCUT2D eigenvalue weighted by atomic mass is 15.1. The van der Waals surface area contributed by atoms with E-state index in [-0.39, 0.29) is 0 Å². The molecule has 2 aliphatic heterocycles. The first-order valence-corrected chi connectivity index (χ1v) is 6.30. The summed E-state index contributed by atoms with van der Waals surface area (Å²) in [6.45, 7) is 4.74. The lowest BCUT2D eigenvalue weighted by atomic mass is 9.94. The fourth-order valence-corrected chi connectivity index (χ4v) is 2.46. The summed E-state index contributed by atoms with van der Waals surface area (Å²) >= 11 is 0. The van der Waals surface area contributed by atoms with E-state index < -0.39 is 0 Å². The summed E-state index contributed by atoms with van der Waals surface area (Å²) < 4.78 is 0. The minimum absolute atomic E-state index is 0.940. The van der Waals surface area contributed by atoms with Crippen LogP contribution in [0, 0.1) is 5.92 Å². The van der Waals surface area contributed by atoms with Gasteiger partial charge in [-0.2, -0.15) is 0 Å². The van der Waals surface area contributed by atoms with E-state index in [1.54, 1.807) is 0 Å². The first-order valence-electron chi connectivity index (χ1n) is 6.30. The predicted molar refractivity (Wildman–Crippen MR) is 64.4 cm³/mol. The van der Waals surface area contributed by atoms with Crippen molar-refractivity contribution in [1.29, 1.82) is 0 Å². The van der Waals surface area contributed by atoms with E-state index in [0.717, 1.165) is 19.0 Å². The average molecular weight is 209 g/mol. The summed E-state index contributed by atoms with van der Waals surface area (Å²) in [5, 5.41) is 3.48. The van der Waals surface area contributed by atoms with Crippen LogP contribution in [-0.4, -0.2) is 44.0 Å². The minimum Gasteiger partial charge on any atom is -0.374 e. The van der Waals surface area contributed by atoms with Gasteiger partial charge in [0.25, 0.3) is 0 Å². The summed E-state index contributed by atoms with van der Waals surface area (Å²) in [6.07, 6.45) is 6.51. The molecule has 0 spiro atoms. The SMILES string of the molecule is CN1CCC(CCNC2=NCCC2)CC1. The van der Waals surface area contributed by atoms with Crippen LogP contribution in [0.2, 0.25) is 0 Å². The van der Waals surface area contributed by atoms with Gasteiger partial charge in [-0.1, -0.05) is 0 Å². The Balaban J connectivity index is 1.57. The third-order valence-electron chi connectivity index (χ3n) is 3.59. The van der Waals surface area contributed by atoms with Crippen molar-refractivity contribution in [2.45, 2.75) is 32.1 Å². The Morgan fingerprint density at radius 2 is 2.20 bits per heavy atom. The Hall–Kier alpha value is -0.570. The van der Waals surface area contributed by atoms with Gasteiger partial charge in [-0.25, -0.2) is 0 Å². The molecular weight excluding hydrogens is 186 g/mol. The molecule has 0 unspecified atom stereocenters. The summed E-state index contributed by atoms with van der Waals surface area (Å²) in [6, 6.07) is 0. The van der Waals surface area contributed by atoms with Crippen molar-refractivity contribution in [3.8, 4) is 0 Å². The van der Waals surface area contributed by atoms with Gasteiger partial charge in [0.15, 0.2) is 0 Å². The van der Waals surface area contributed by atoms with E-state index in [9.17, 15) is 0 Å². The summed E-state index contributed by atoms with van der Waals surface area (Å²) in [5.74, 6) is 2.19. The lowest BCUT2D eigenvalue weighted by Crippen LogP contribution is -2.32. The van der Waals surface area contributed by atoms with Crippen LogP contribution in [0.25, 0.3) is 0 Å². The van der Waals surface area contributed by atoms with Crippen molar-refractivity contribution in [2.75, 3.05) is 33.2 Å². The molecule has 3 heteroatoms. The first-order chi connectivity index (χ1) is 7.34. The molecular formula is C12H23N3. The zero-order valence-corrected chi connectivity index (χ0v) is 9.84. The lowest BCUT2D eigenvalue weighted by molar-refractivity contribution is 0.213. The zero-order chi connectivity index (χ0) is 10.5. The van der Waals surface area contributed by atoms with Crippen LogP contribution in [0.5, 0.6) is 0 Å². The number of aliphatic imine (C=N–C) groups is 1. The van der Waals surface area contributed by atoms with E-state index in [4.69, 9.17) is 0 Å². The van der Waals surface area contributed by atoms with Gasteiger partial charge in [-0.3, -0.25) is 4.99 Å². The number of piperidine rings is 1. The van der Waals surface area contributed by atoms with Crippen LogP contribution in [0.4, 0.5) is 0 Å². The van der Waals surface area contributed by atoms with E-state index >= 15 is 0 Å². The number of hydrogen-bond acceptors (Lipinski definition) is 3. The van der Waals surface area contributed by atoms with Crippen LogP contribution in [0.3, 0.4) is 0 Å². The van der Waals surface area contributed by atoms with Crippen LogP contribution in [0.15, 0.2) is 4.99 Å². The molecule has 86 valence electrons. The molecule has 0 aromatic rings. The van der Waals surface area contributed by atoms with Crippen molar-refractivity contribution in [3.63, 3.8) is 0 Å². The van der Waals surface area contributed by atoms with Gasteiger partial charge in [0.1, 0.15) is 0 Å². The molecule has 1 N–H and O–H groups in total. The molecule has 0 saturated carbocycles. The molecule has 1 saturated heterocycles. The standard InChI is InChI=1S/C12H23N3/c1-15-9-5-11(6-10-15)4-8-14-12-3-2-7-13-12/h11H,2-10H2,1H3,(H,13,14). The largest absolute Gasteiger partial charge is 0.374 e. The molecule has 2 aliphatic rings. The second kappa shape index (κ2) is 5.50. The lowest BCUT2D eigenvalue weighted by Gasteiger charge is -2.28. The molecule has 3 nitrogen and oxygen atoms in total. The van der Waals surface area contributed by atoms with Crippen LogP contribution >= 0.6 is 0 Å². The third-order valence-corrected chi connectivity index (χ3v) is 3.59. The zero-order valence-electron chi connectivity index (χ0n) is 9.84. The Morgan fingerprint density at radius 3 is 2.87 bits per heavy atom. The van der Waals surface area contributed by atoms with Gasteiger partial charge in [-0.15, -0.1) is 0 Å². The van der Waals surface area contributed by atoms with Gasteiger partial charge in [0.2, 0.25) is 0 Å². The van der Waals surface area contributed by atoms with Crippen molar-refractivity contribution in [1.82, 2.24) is 10.2 Å². The highest BCUT2D eigenvalue weighted by Crippen LogP contribution is 2.18. The van der Waals surface area contributed by atoms with E-state index in [2.05, 4.69) is 22.3 Å². The number of likely N-dealkylation sites (tertiary alicyclic amines) is 1. The smallest absolute Gasteiger partial charge is 0.0963 e. The van der Waals surface area contributed by atoms with Crippen LogP contribution in [0.1, 0.15) is 32.1 Å². The molecule has 1 fully saturated rings. The molecule has 2 rings (SSSR count). The highest BCUT2D eigenvalue weighted by molar-refractivity contribution is 5.83. The molecule has 0 bridgehead atoms. The summed E-state index contributed by atoms with van der Waals surface area (Å²) in [4.78, 5) is 6.86. The van der Waals surface area contributed by atoms with Crippen LogP contribution in [-0.2, 0) is 0 Å². The molecule has 0 aromatic heterocycles. The number of nitrogens with one attached hydrogen (secondary N) is 1. The van der Waals surface area contributed by atoms with E-state index in [1.165, 1.54) is 51.0 Å². The third kappa shape index (κ3) is 3.49. The fourth-order valence-electron chi connectivity index (χ4n) is 2.46. The highest BCUT2D eigenvalue weighted by Gasteiger charge is 2.16. The maximum absolute atomic E-state index is 4.43. The van der Waals surface area contributed by atoms with Gasteiger partial charge in [0, 0.05) is 19.5 Å². The number of hydrogen-bond donors (Lipinski definition) is 1. The Morgan fingerprint density at radius 1 is 1.40 bits per heavy atom. The van der Waals surface area contributed by atoms with Crippen molar-refractivity contribution in [2.24, 2.45) is 10.9 Å². The maximum atomic E-state index is 4.43. The van der Waals surface area contributed by atoms with Crippen molar-refractivity contribution >= 4 is 5.84 Å². The Kier molecular flexibility index (Phi) is 4.01. The average Bonchev–Trinajstić information content (AvgIpc) is 2.74. The van der Waals surface area contributed by atoms with Gasteiger partial charge >= 0.3 is 0 Å². The van der Waals surface area contributed by atoms with Gasteiger partial charge in [0.05, 0.1) is 5.84 Å². The topological polar surface area (TPSA) is 27.6 Å². The molecule has 0 aromatic carbocycles. The first kappa shape index (κ1) is 10.9. The summed E-state index contributed by atoms with van der Waals surface area (Å²) in [7, 11) is 2.22. The van der Waals surface area contributed by atoms with Gasteiger partial charge in [-0.05, 0) is 51.7 Å². The van der Waals surface area contributed by atoms with Gasteiger partial charge < -0.3 is 10.2 Å². The van der Waals surface area contributed by atoms with E-state index in [1.807, 2.05) is 0 Å². The molecule has 0 aliphatic carbocycles. The second-order valence-corrected chi connectivity index (χ2v) is 4.89. The molecule has 15 heavy (non-hydrogen) atoms. The molecule has 0 radical (unpaired) electrons. The van der Waals surface area contributed by atoms with Crippen molar-refractivity contribution in [3.05, 3.63) is 0 Å². The monoisotopic (exact) mass is 209 g/mol. The summed E-state index contributed by atoms with van der Waals surface area (Å²) in [5.41, 5.74) is 0. The molecule has 0 atom stereocenters. The number of rotatable bonds is 3. The maximum Gasteiger partial charge on any atom is 0.0963 e. The van der Waals surface area contributed by atoms with E-state index in [0.29, 0.717) is 0 Å². The molecule has 0 amide bonds. The number of amidine groups is 1. The fraction of sp³-hybridized carbons (Fsp3) is 0.917. The van der Waals surface area contributed by atoms with Crippen LogP contribution < -0.4 is 5.32 Å². The predicted octanol–water partition coefficient (Wildman–Crippen LogP) is 1.50. The quantitative estimate of drug-likeness (QED) is 0.763. The molecule has 2 heterocycles. The minimum atomic E-state index is 0.940. The number of nitrogens with zero attached hydrogens (tertiary/aromatic N) is 2. The second-order valence-electron chi connectivity index (χ2n) is 4.89. The van der Waals surface area contributed by atoms with Crippen molar-refractivity contribution < 1.29 is 0 Å².